The molecule has 2 heteroatoms. The van der Waals surface area contributed by atoms with E-state index in [4.69, 9.17) is 4.74 Å². The average Bonchev–Trinajstić information content (AvgIpc) is 2.42. The molecular weight excluding hydrogens is 240 g/mol. The molecule has 0 aromatic heterocycles. The molecule has 0 fully saturated rings. The van der Waals surface area contributed by atoms with Crippen LogP contribution in [0, 0.1) is 6.92 Å². The number of para-hydroxylation sites is 1. The highest BCUT2D eigenvalue weighted by Gasteiger charge is 1.95. The van der Waals surface area contributed by atoms with Crippen molar-refractivity contribution in [1.29, 1.82) is 0 Å². The van der Waals surface area contributed by atoms with Crippen molar-refractivity contribution in [3.8, 4) is 5.75 Å². The Morgan fingerprint density at radius 1 is 0.944 bits per heavy atom. The second-order valence-corrected chi connectivity index (χ2v) is 5.34. The second-order valence-electron chi connectivity index (χ2n) is 4.18. The maximum atomic E-state index is 5.65. The summed E-state index contributed by atoms with van der Waals surface area (Å²) < 4.78 is 5.65. The summed E-state index contributed by atoms with van der Waals surface area (Å²) >= 11 is 1.88. The molecular formula is C16H18OS. The van der Waals surface area contributed by atoms with E-state index in [-0.39, 0.29) is 0 Å². The van der Waals surface area contributed by atoms with E-state index in [1.165, 1.54) is 10.5 Å². The Morgan fingerprint density at radius 3 is 2.39 bits per heavy atom. The van der Waals surface area contributed by atoms with Crippen molar-refractivity contribution in [2.45, 2.75) is 18.2 Å². The van der Waals surface area contributed by atoms with Gasteiger partial charge in [0.1, 0.15) is 5.75 Å². The molecule has 1 nitrogen and oxygen atoms in total. The Hall–Kier alpha value is -1.41. The van der Waals surface area contributed by atoms with Gasteiger partial charge in [0.05, 0.1) is 6.61 Å². The van der Waals surface area contributed by atoms with Crippen molar-refractivity contribution in [3.05, 3.63) is 60.2 Å². The lowest BCUT2D eigenvalue weighted by atomic mass is 10.2. The first-order chi connectivity index (χ1) is 8.84. The molecule has 2 aromatic carbocycles. The topological polar surface area (TPSA) is 9.23 Å². The normalized spacial score (nSPS) is 10.3. The van der Waals surface area contributed by atoms with E-state index < -0.39 is 0 Å². The Bertz CT molecular complexity index is 450. The second kappa shape index (κ2) is 7.12. The summed E-state index contributed by atoms with van der Waals surface area (Å²) in [4.78, 5) is 1.33. The van der Waals surface area contributed by atoms with E-state index in [2.05, 4.69) is 31.2 Å². The van der Waals surface area contributed by atoms with Gasteiger partial charge in [-0.25, -0.2) is 0 Å². The molecule has 2 rings (SSSR count). The fourth-order valence-corrected chi connectivity index (χ4v) is 2.42. The SMILES string of the molecule is Cc1ccc(SCCCOc2ccccc2)cc1. The molecule has 0 aliphatic heterocycles. The molecule has 2 aromatic rings. The lowest BCUT2D eigenvalue weighted by Crippen LogP contribution is -1.98. The first-order valence-electron chi connectivity index (χ1n) is 6.22. The van der Waals surface area contributed by atoms with Crippen molar-refractivity contribution >= 4 is 11.8 Å². The van der Waals surface area contributed by atoms with Crippen LogP contribution in [0.2, 0.25) is 0 Å². The predicted octanol–water partition coefficient (Wildman–Crippen LogP) is 4.56. The zero-order valence-electron chi connectivity index (χ0n) is 10.6. The predicted molar refractivity (Wildman–Crippen MR) is 78.5 cm³/mol. The Labute approximate surface area is 113 Å². The first kappa shape index (κ1) is 13.0. The fraction of sp³-hybridized carbons (Fsp3) is 0.250. The zero-order chi connectivity index (χ0) is 12.6. The lowest BCUT2D eigenvalue weighted by molar-refractivity contribution is 0.319. The summed E-state index contributed by atoms with van der Waals surface area (Å²) in [6.07, 6.45) is 1.06. The zero-order valence-corrected chi connectivity index (χ0v) is 11.5. The third kappa shape index (κ3) is 4.46. The first-order valence-corrected chi connectivity index (χ1v) is 7.20. The van der Waals surface area contributed by atoms with Crippen LogP contribution < -0.4 is 4.74 Å². The third-order valence-electron chi connectivity index (χ3n) is 2.59. The van der Waals surface area contributed by atoms with Gasteiger partial charge < -0.3 is 4.74 Å². The summed E-state index contributed by atoms with van der Waals surface area (Å²) in [5.74, 6) is 2.05. The minimum Gasteiger partial charge on any atom is -0.494 e. The Morgan fingerprint density at radius 2 is 1.67 bits per heavy atom. The van der Waals surface area contributed by atoms with Crippen molar-refractivity contribution in [2.24, 2.45) is 0 Å². The van der Waals surface area contributed by atoms with Crippen molar-refractivity contribution in [1.82, 2.24) is 0 Å². The van der Waals surface area contributed by atoms with E-state index in [9.17, 15) is 0 Å². The molecule has 0 saturated carbocycles. The maximum Gasteiger partial charge on any atom is 0.119 e. The molecule has 0 spiro atoms. The summed E-state index contributed by atoms with van der Waals surface area (Å²) in [6, 6.07) is 18.6. The molecule has 0 unspecified atom stereocenters. The third-order valence-corrected chi connectivity index (χ3v) is 3.69. The van der Waals surface area contributed by atoms with E-state index in [1.807, 2.05) is 42.1 Å². The average molecular weight is 258 g/mol. The van der Waals surface area contributed by atoms with E-state index in [1.54, 1.807) is 0 Å². The van der Waals surface area contributed by atoms with Crippen molar-refractivity contribution in [2.75, 3.05) is 12.4 Å². The largest absolute Gasteiger partial charge is 0.494 e. The van der Waals surface area contributed by atoms with Gasteiger partial charge in [-0.15, -0.1) is 11.8 Å². The van der Waals surface area contributed by atoms with E-state index >= 15 is 0 Å². The molecule has 18 heavy (non-hydrogen) atoms. The highest BCUT2D eigenvalue weighted by molar-refractivity contribution is 7.99. The Balaban J connectivity index is 1.63. The molecule has 0 heterocycles. The molecule has 0 radical (unpaired) electrons. The van der Waals surface area contributed by atoms with Crippen LogP contribution in [0.1, 0.15) is 12.0 Å². The van der Waals surface area contributed by atoms with Crippen LogP contribution in [0.5, 0.6) is 5.75 Å². The van der Waals surface area contributed by atoms with Gasteiger partial charge in [-0.3, -0.25) is 0 Å². The number of ether oxygens (including phenoxy) is 1. The monoisotopic (exact) mass is 258 g/mol. The minimum atomic E-state index is 0.781. The number of benzene rings is 2. The van der Waals surface area contributed by atoms with Crippen LogP contribution in [0.15, 0.2) is 59.5 Å². The van der Waals surface area contributed by atoms with Crippen molar-refractivity contribution in [3.63, 3.8) is 0 Å². The summed E-state index contributed by atoms with van der Waals surface area (Å²) in [5, 5.41) is 0. The molecule has 0 aliphatic carbocycles. The quantitative estimate of drug-likeness (QED) is 0.555. The smallest absolute Gasteiger partial charge is 0.119 e. The highest BCUT2D eigenvalue weighted by atomic mass is 32.2. The minimum absolute atomic E-state index is 0.781. The molecule has 0 N–H and O–H groups in total. The van der Waals surface area contributed by atoms with E-state index in [0.29, 0.717) is 0 Å². The molecule has 0 atom stereocenters. The summed E-state index contributed by atoms with van der Waals surface area (Å²) in [7, 11) is 0. The van der Waals surface area contributed by atoms with Gasteiger partial charge in [0, 0.05) is 10.6 Å². The van der Waals surface area contributed by atoms with Gasteiger partial charge in [-0.05, 0) is 37.6 Å². The number of rotatable bonds is 6. The summed E-state index contributed by atoms with van der Waals surface area (Å²) in [6.45, 7) is 2.89. The lowest BCUT2D eigenvalue weighted by Gasteiger charge is -2.05. The maximum absolute atomic E-state index is 5.65. The van der Waals surface area contributed by atoms with Crippen molar-refractivity contribution < 1.29 is 4.74 Å². The van der Waals surface area contributed by atoms with Crippen LogP contribution in [0.4, 0.5) is 0 Å². The standard InChI is InChI=1S/C16H18OS/c1-14-8-10-16(11-9-14)18-13-5-12-17-15-6-3-2-4-7-15/h2-4,6-11H,5,12-13H2,1H3. The van der Waals surface area contributed by atoms with Gasteiger partial charge in [0.2, 0.25) is 0 Å². The molecule has 0 amide bonds. The van der Waals surface area contributed by atoms with E-state index in [0.717, 1.165) is 24.5 Å². The van der Waals surface area contributed by atoms with Gasteiger partial charge in [-0.2, -0.15) is 0 Å². The number of hydrogen-bond donors (Lipinski definition) is 0. The Kier molecular flexibility index (Phi) is 5.15. The van der Waals surface area contributed by atoms with Gasteiger partial charge >= 0.3 is 0 Å². The molecule has 0 aliphatic rings. The number of aryl methyl sites for hydroxylation is 1. The fourth-order valence-electron chi connectivity index (χ4n) is 1.59. The number of hydrogen-bond acceptors (Lipinski definition) is 2. The van der Waals surface area contributed by atoms with Gasteiger partial charge in [0.25, 0.3) is 0 Å². The molecule has 0 saturated heterocycles. The van der Waals surface area contributed by atoms with Crippen LogP contribution in [0.25, 0.3) is 0 Å². The van der Waals surface area contributed by atoms with Crippen LogP contribution in [-0.4, -0.2) is 12.4 Å². The van der Waals surface area contributed by atoms with Crippen LogP contribution in [0.3, 0.4) is 0 Å². The van der Waals surface area contributed by atoms with Crippen LogP contribution >= 0.6 is 11.8 Å². The molecule has 0 bridgehead atoms. The molecule has 94 valence electrons. The van der Waals surface area contributed by atoms with Gasteiger partial charge in [0.15, 0.2) is 0 Å². The van der Waals surface area contributed by atoms with Gasteiger partial charge in [-0.1, -0.05) is 35.9 Å². The van der Waals surface area contributed by atoms with Crippen LogP contribution in [-0.2, 0) is 0 Å². The highest BCUT2D eigenvalue weighted by Crippen LogP contribution is 2.19. The summed E-state index contributed by atoms with van der Waals surface area (Å²) in [5.41, 5.74) is 1.31. The number of thioether (sulfide) groups is 1.